The predicted molar refractivity (Wildman–Crippen MR) is 78.8 cm³/mol. The molecule has 0 bridgehead atoms. The molecule has 2 rings (SSSR count). The van der Waals surface area contributed by atoms with Gasteiger partial charge in [0.2, 0.25) is 5.95 Å². The summed E-state index contributed by atoms with van der Waals surface area (Å²) in [5.41, 5.74) is -0.541. The summed E-state index contributed by atoms with van der Waals surface area (Å²) < 4.78 is 33.1. The number of rotatable bonds is 4. The molecule has 0 aliphatic carbocycles. The van der Waals surface area contributed by atoms with Gasteiger partial charge in [-0.2, -0.15) is 5.26 Å². The minimum atomic E-state index is -2.33. The molecule has 2 aromatic rings. The van der Waals surface area contributed by atoms with Gasteiger partial charge in [0, 0.05) is 16.8 Å². The number of hydrogen-bond acceptors (Lipinski definition) is 7. The molecule has 114 valence electrons. The minimum absolute atomic E-state index is 0.00481. The second kappa shape index (κ2) is 6.61. The Bertz CT molecular complexity index is 855. The van der Waals surface area contributed by atoms with E-state index >= 15 is 0 Å². The van der Waals surface area contributed by atoms with Crippen molar-refractivity contribution in [1.82, 2.24) is 9.97 Å². The molecule has 0 amide bonds. The van der Waals surface area contributed by atoms with Gasteiger partial charge >= 0.3 is 0 Å². The fourth-order valence-corrected chi connectivity index (χ4v) is 2.61. The second-order valence-corrected chi connectivity index (χ2v) is 6.28. The first-order valence-electron chi connectivity index (χ1n) is 5.76. The van der Waals surface area contributed by atoms with Crippen LogP contribution in [0.2, 0.25) is 0 Å². The van der Waals surface area contributed by atoms with Crippen LogP contribution < -0.4 is 10.9 Å². The molecule has 0 radical (unpaired) electrons. The average molecular weight is 337 g/mol. The number of benzene rings is 1. The van der Waals surface area contributed by atoms with Crippen molar-refractivity contribution in [3.63, 3.8) is 0 Å². The molecule has 2 N–H and O–H groups in total. The quantitative estimate of drug-likeness (QED) is 0.606. The molecule has 0 fully saturated rings. The Morgan fingerprint density at radius 1 is 1.32 bits per heavy atom. The van der Waals surface area contributed by atoms with E-state index < -0.39 is 27.4 Å². The molecule has 8 nitrogen and oxygen atoms in total. The third kappa shape index (κ3) is 3.45. The molecule has 2 unspecified atom stereocenters. The molecule has 0 aliphatic rings. The summed E-state index contributed by atoms with van der Waals surface area (Å²) in [6, 6.07) is 7.35. The van der Waals surface area contributed by atoms with Crippen LogP contribution in [-0.4, -0.2) is 29.2 Å². The monoisotopic (exact) mass is 337 g/mol. The van der Waals surface area contributed by atoms with E-state index in [0.717, 1.165) is 0 Å². The van der Waals surface area contributed by atoms with Crippen molar-refractivity contribution in [2.45, 2.75) is 9.92 Å². The Kier molecular flexibility index (Phi) is 4.81. The molecule has 2 atom stereocenters. The molecule has 10 heteroatoms. The maximum Gasteiger partial charge on any atom is 0.271 e. The fraction of sp³-hybridized carbons (Fsp3) is 0.0833. The molecule has 0 saturated heterocycles. The van der Waals surface area contributed by atoms with Crippen molar-refractivity contribution in [2.75, 3.05) is 11.6 Å². The van der Waals surface area contributed by atoms with Crippen LogP contribution in [0.1, 0.15) is 5.56 Å². The van der Waals surface area contributed by atoms with Gasteiger partial charge in [-0.25, -0.2) is 4.98 Å². The van der Waals surface area contributed by atoms with Gasteiger partial charge in [0.15, 0.2) is 10.6 Å². The largest absolute Gasteiger partial charge is 0.768 e. The smallest absolute Gasteiger partial charge is 0.271 e. The van der Waals surface area contributed by atoms with Gasteiger partial charge in [-0.15, -0.1) is 0 Å². The summed E-state index contributed by atoms with van der Waals surface area (Å²) in [5.74, 6) is 0.00481. The molecule has 1 aromatic carbocycles. The van der Waals surface area contributed by atoms with Crippen LogP contribution in [0.5, 0.6) is 0 Å². The van der Waals surface area contributed by atoms with Crippen LogP contribution in [0, 0.1) is 11.3 Å². The van der Waals surface area contributed by atoms with E-state index in [1.54, 1.807) is 6.07 Å². The lowest BCUT2D eigenvalue weighted by molar-refractivity contribution is 0.537. The normalized spacial score (nSPS) is 13.1. The van der Waals surface area contributed by atoms with Gasteiger partial charge < -0.3 is 9.87 Å². The van der Waals surface area contributed by atoms with Crippen molar-refractivity contribution in [2.24, 2.45) is 0 Å². The maximum absolute atomic E-state index is 11.8. The number of aromatic amines is 1. The number of nitrogens with zero attached hydrogens (tertiary/aromatic N) is 2. The van der Waals surface area contributed by atoms with E-state index in [1.807, 2.05) is 0 Å². The zero-order valence-electron chi connectivity index (χ0n) is 11.2. The maximum atomic E-state index is 11.8. The SMILES string of the molecule is CS(=O)c1nc(Nc2ccc(S(=O)[O-])cc2)[nH]c(=O)c1C#N. The summed E-state index contributed by atoms with van der Waals surface area (Å²) in [6.07, 6.45) is 1.31. The number of nitriles is 1. The predicted octanol–water partition coefficient (Wildman–Crippen LogP) is 0.361. The topological polar surface area (TPSA) is 139 Å². The number of nitrogens with one attached hydrogen (secondary N) is 2. The Morgan fingerprint density at radius 3 is 2.45 bits per heavy atom. The Balaban J connectivity index is 2.38. The van der Waals surface area contributed by atoms with Gasteiger partial charge in [-0.3, -0.25) is 18.2 Å². The van der Waals surface area contributed by atoms with Gasteiger partial charge in [-0.1, -0.05) is 0 Å². The van der Waals surface area contributed by atoms with Crippen LogP contribution in [0.3, 0.4) is 0 Å². The van der Waals surface area contributed by atoms with E-state index in [-0.39, 0.29) is 21.4 Å². The molecular formula is C12H9N4O4S2-. The first-order chi connectivity index (χ1) is 10.4. The van der Waals surface area contributed by atoms with Crippen molar-refractivity contribution in [3.8, 4) is 6.07 Å². The standard InChI is InChI=1S/C12H10N4O4S2/c1-21(18)11-9(6-13)10(17)15-12(16-11)14-7-2-4-8(5-3-7)22(19)20/h2-5H,1H3,(H,19,20)(H2,14,15,16,17)/p-1. The zero-order valence-corrected chi connectivity index (χ0v) is 12.8. The third-order valence-electron chi connectivity index (χ3n) is 2.58. The van der Waals surface area contributed by atoms with Gasteiger partial charge in [0.1, 0.15) is 6.07 Å². The van der Waals surface area contributed by atoms with Crippen LogP contribution in [-0.2, 0) is 21.9 Å². The molecule has 1 heterocycles. The first kappa shape index (κ1) is 16.0. The zero-order chi connectivity index (χ0) is 16.3. The molecule has 0 spiro atoms. The van der Waals surface area contributed by atoms with Crippen LogP contribution in [0.4, 0.5) is 11.6 Å². The van der Waals surface area contributed by atoms with Crippen molar-refractivity contribution >= 4 is 33.5 Å². The van der Waals surface area contributed by atoms with Crippen molar-refractivity contribution in [3.05, 3.63) is 40.2 Å². The lowest BCUT2D eigenvalue weighted by Gasteiger charge is -2.09. The summed E-state index contributed by atoms with van der Waals surface area (Å²) in [4.78, 5) is 18.2. The molecular weight excluding hydrogens is 328 g/mol. The summed E-state index contributed by atoms with van der Waals surface area (Å²) >= 11 is -2.33. The second-order valence-electron chi connectivity index (χ2n) is 4.04. The number of aromatic nitrogens is 2. The first-order valence-corrected chi connectivity index (χ1v) is 8.40. The lowest BCUT2D eigenvalue weighted by atomic mass is 10.3. The number of hydrogen-bond donors (Lipinski definition) is 2. The Morgan fingerprint density at radius 2 is 1.95 bits per heavy atom. The number of H-pyrrole nitrogens is 1. The van der Waals surface area contributed by atoms with E-state index in [2.05, 4.69) is 15.3 Å². The Labute approximate surface area is 130 Å². The van der Waals surface area contributed by atoms with E-state index in [1.165, 1.54) is 30.5 Å². The lowest BCUT2D eigenvalue weighted by Crippen LogP contribution is -2.18. The van der Waals surface area contributed by atoms with E-state index in [9.17, 15) is 17.8 Å². The molecule has 0 aliphatic heterocycles. The molecule has 1 aromatic heterocycles. The summed E-state index contributed by atoms with van der Waals surface area (Å²) in [6.45, 7) is 0. The highest BCUT2D eigenvalue weighted by Crippen LogP contribution is 2.16. The van der Waals surface area contributed by atoms with Gasteiger partial charge in [0.25, 0.3) is 5.56 Å². The molecule has 22 heavy (non-hydrogen) atoms. The number of anilines is 2. The Hall–Kier alpha value is -2.35. The summed E-state index contributed by atoms with van der Waals surface area (Å²) in [5, 5.41) is 11.5. The van der Waals surface area contributed by atoms with Gasteiger partial charge in [0.05, 0.1) is 10.8 Å². The highest BCUT2D eigenvalue weighted by atomic mass is 32.2. The van der Waals surface area contributed by atoms with Crippen LogP contribution in [0.25, 0.3) is 0 Å². The minimum Gasteiger partial charge on any atom is -0.768 e. The van der Waals surface area contributed by atoms with Gasteiger partial charge in [-0.05, 0) is 35.3 Å². The highest BCUT2D eigenvalue weighted by molar-refractivity contribution is 7.84. The summed E-state index contributed by atoms with van der Waals surface area (Å²) in [7, 11) is -1.60. The average Bonchev–Trinajstić information content (AvgIpc) is 2.47. The van der Waals surface area contributed by atoms with Crippen LogP contribution in [0.15, 0.2) is 39.0 Å². The van der Waals surface area contributed by atoms with Crippen molar-refractivity contribution < 1.29 is 13.0 Å². The van der Waals surface area contributed by atoms with E-state index in [0.29, 0.717) is 5.69 Å². The highest BCUT2D eigenvalue weighted by Gasteiger charge is 2.14. The third-order valence-corrected chi connectivity index (χ3v) is 4.08. The van der Waals surface area contributed by atoms with Crippen LogP contribution >= 0.6 is 0 Å². The van der Waals surface area contributed by atoms with E-state index in [4.69, 9.17) is 5.26 Å². The van der Waals surface area contributed by atoms with Crippen molar-refractivity contribution in [1.29, 1.82) is 5.26 Å². The molecule has 0 saturated carbocycles. The fourth-order valence-electron chi connectivity index (χ4n) is 1.60.